The summed E-state index contributed by atoms with van der Waals surface area (Å²) in [6, 6.07) is 0. The maximum absolute atomic E-state index is 13.1. The Hall–Kier alpha value is -1.94. The van der Waals surface area contributed by atoms with Crippen LogP contribution >= 0.6 is 15.6 Å². The van der Waals surface area contributed by atoms with Gasteiger partial charge in [0.25, 0.3) is 0 Å². The predicted octanol–water partition coefficient (Wildman–Crippen LogP) is 23.6. The zero-order valence-electron chi connectivity index (χ0n) is 65.1. The van der Waals surface area contributed by atoms with Crippen molar-refractivity contribution in [2.45, 2.75) is 427 Å². The highest BCUT2D eigenvalue weighted by molar-refractivity contribution is 7.47. The zero-order valence-corrected chi connectivity index (χ0v) is 66.9. The summed E-state index contributed by atoms with van der Waals surface area (Å²) in [4.78, 5) is 73.0. The van der Waals surface area contributed by atoms with Crippen LogP contribution < -0.4 is 0 Å². The second-order valence-corrected chi connectivity index (χ2v) is 33.4. The van der Waals surface area contributed by atoms with E-state index in [1.54, 1.807) is 0 Å². The van der Waals surface area contributed by atoms with E-state index in [0.29, 0.717) is 31.6 Å². The van der Waals surface area contributed by atoms with Crippen LogP contribution in [0.5, 0.6) is 0 Å². The van der Waals surface area contributed by atoms with Crippen molar-refractivity contribution < 1.29 is 80.2 Å². The van der Waals surface area contributed by atoms with E-state index in [1.165, 1.54) is 205 Å². The lowest BCUT2D eigenvalue weighted by Crippen LogP contribution is -2.30. The van der Waals surface area contributed by atoms with Gasteiger partial charge in [-0.2, -0.15) is 0 Å². The first-order valence-corrected chi connectivity index (χ1v) is 44.2. The van der Waals surface area contributed by atoms with Gasteiger partial charge < -0.3 is 33.8 Å². The van der Waals surface area contributed by atoms with E-state index in [9.17, 15) is 43.2 Å². The van der Waals surface area contributed by atoms with Gasteiger partial charge in [0.2, 0.25) is 0 Å². The predicted molar refractivity (Wildman–Crippen MR) is 404 cm³/mol. The fraction of sp³-hybridized carbons (Fsp3) is 0.950. The number of aliphatic hydroxyl groups is 1. The van der Waals surface area contributed by atoms with Crippen molar-refractivity contribution in [1.29, 1.82) is 0 Å². The molecular weight excluding hydrogens is 1290 g/mol. The maximum Gasteiger partial charge on any atom is 0.472 e. The normalized spacial score (nSPS) is 14.3. The number of unbranched alkanes of at least 4 members (excludes halogenated alkanes) is 42. The number of phosphoric ester groups is 2. The summed E-state index contributed by atoms with van der Waals surface area (Å²) >= 11 is 0. The lowest BCUT2D eigenvalue weighted by molar-refractivity contribution is -0.161. The highest BCUT2D eigenvalue weighted by Crippen LogP contribution is 2.45. The van der Waals surface area contributed by atoms with E-state index >= 15 is 0 Å². The number of esters is 4. The van der Waals surface area contributed by atoms with Gasteiger partial charge >= 0.3 is 39.5 Å². The van der Waals surface area contributed by atoms with Gasteiger partial charge in [-0.3, -0.25) is 37.3 Å². The number of ether oxygens (including phenoxy) is 4. The average molecular weight is 1450 g/mol. The molecule has 3 unspecified atom stereocenters. The molecule has 0 heterocycles. The summed E-state index contributed by atoms with van der Waals surface area (Å²) in [7, 11) is -9.92. The molecule has 0 aliphatic carbocycles. The van der Waals surface area contributed by atoms with Crippen molar-refractivity contribution in [3.63, 3.8) is 0 Å². The molecule has 0 amide bonds. The second-order valence-electron chi connectivity index (χ2n) is 30.5. The fourth-order valence-electron chi connectivity index (χ4n) is 12.2. The molecule has 0 aliphatic heterocycles. The van der Waals surface area contributed by atoms with Gasteiger partial charge in [0.05, 0.1) is 26.4 Å². The summed E-state index contributed by atoms with van der Waals surface area (Å²) in [5.74, 6) is 0.986. The SMILES string of the molecule is CCC(C)CCCCCCCCCCCCCCCCC(=O)O[C@H](COC(=O)CCCCCCCCC(C)C)COP(=O)(O)OC[C@H](O)COP(=O)(O)OC[C@@H](COC(=O)CCCCCCCCCCCCCCC(C)C)OC(=O)CCCCCCCCCCCCCCCCC(C)C. The third kappa shape index (κ3) is 72.8. The molecule has 0 aromatic rings. The van der Waals surface area contributed by atoms with Crippen LogP contribution in [0.15, 0.2) is 0 Å². The summed E-state index contributed by atoms with van der Waals surface area (Å²) in [5.41, 5.74) is 0. The van der Waals surface area contributed by atoms with Gasteiger partial charge in [-0.1, -0.05) is 357 Å². The number of aliphatic hydroxyl groups excluding tert-OH is 1. The van der Waals surface area contributed by atoms with E-state index in [2.05, 4.69) is 55.4 Å². The van der Waals surface area contributed by atoms with E-state index in [1.807, 2.05) is 0 Å². The molecule has 0 radical (unpaired) electrons. The third-order valence-electron chi connectivity index (χ3n) is 18.9. The Bertz CT molecular complexity index is 1940. The van der Waals surface area contributed by atoms with Crippen LogP contribution in [-0.4, -0.2) is 96.7 Å². The Morgan fingerprint density at radius 3 is 0.717 bits per heavy atom. The smallest absolute Gasteiger partial charge is 0.462 e. The monoisotopic (exact) mass is 1450 g/mol. The molecule has 6 atom stereocenters. The first-order chi connectivity index (χ1) is 47.6. The first-order valence-electron chi connectivity index (χ1n) is 41.2. The molecular formula is C80H156O17P2. The van der Waals surface area contributed by atoms with Crippen LogP contribution in [0.1, 0.15) is 409 Å². The van der Waals surface area contributed by atoms with E-state index in [0.717, 1.165) is 114 Å². The van der Waals surface area contributed by atoms with Crippen LogP contribution in [-0.2, 0) is 65.4 Å². The number of carbonyl (C=O) groups excluding carboxylic acids is 4. The van der Waals surface area contributed by atoms with E-state index in [-0.39, 0.29) is 25.7 Å². The van der Waals surface area contributed by atoms with Crippen molar-refractivity contribution in [2.75, 3.05) is 39.6 Å². The first kappa shape index (κ1) is 97.1. The van der Waals surface area contributed by atoms with Crippen molar-refractivity contribution >= 4 is 39.5 Å². The quantitative estimate of drug-likeness (QED) is 0.0222. The summed E-state index contributed by atoms with van der Waals surface area (Å²) in [6.45, 7) is 14.2. The van der Waals surface area contributed by atoms with Gasteiger partial charge in [0, 0.05) is 25.7 Å². The molecule has 17 nitrogen and oxygen atoms in total. The molecule has 0 saturated heterocycles. The van der Waals surface area contributed by atoms with Gasteiger partial charge in [-0.05, 0) is 49.4 Å². The number of phosphoric acid groups is 2. The van der Waals surface area contributed by atoms with Crippen LogP contribution in [0.2, 0.25) is 0 Å². The Kier molecular flexibility index (Phi) is 67.8. The van der Waals surface area contributed by atoms with Gasteiger partial charge in [0.15, 0.2) is 12.2 Å². The molecule has 0 aromatic heterocycles. The molecule has 0 spiro atoms. The summed E-state index contributed by atoms with van der Waals surface area (Å²) in [6.07, 6.45) is 55.5. The number of rotatable bonds is 77. The van der Waals surface area contributed by atoms with Crippen molar-refractivity contribution in [1.82, 2.24) is 0 Å². The van der Waals surface area contributed by atoms with Gasteiger partial charge in [-0.15, -0.1) is 0 Å². The lowest BCUT2D eigenvalue weighted by atomic mass is 9.99. The molecule has 0 aromatic carbocycles. The highest BCUT2D eigenvalue weighted by atomic mass is 31.2. The van der Waals surface area contributed by atoms with Gasteiger partial charge in [-0.25, -0.2) is 9.13 Å². The minimum atomic E-state index is -4.96. The molecule has 0 saturated carbocycles. The molecule has 0 rings (SSSR count). The van der Waals surface area contributed by atoms with Crippen molar-refractivity contribution in [3.8, 4) is 0 Å². The van der Waals surface area contributed by atoms with E-state index in [4.69, 9.17) is 37.0 Å². The number of carbonyl (C=O) groups is 4. The standard InChI is InChI=1S/C80H156O17P2/c1-9-73(8)59-51-43-34-28-22-15-11-13-17-25-31-37-47-55-63-80(85)97-76(67-91-78(83)61-53-45-39-38-42-50-58-72(6)7)69-95-99(88,89)93-65-74(81)64-92-98(86,87)94-68-75(66-90-77(82)60-52-44-35-29-23-19-18-21-27-33-41-49-57-71(4)5)96-79(84)62-54-46-36-30-24-16-12-10-14-20-26-32-40-48-56-70(2)3/h70-76,81H,9-69H2,1-8H3,(H,86,87)(H,88,89)/t73?,74-,75-,76-/m1/s1. The molecule has 3 N–H and O–H groups in total. The fourth-order valence-corrected chi connectivity index (χ4v) is 13.8. The molecule has 19 heteroatoms. The Balaban J connectivity index is 5.23. The zero-order chi connectivity index (χ0) is 73.1. The summed E-state index contributed by atoms with van der Waals surface area (Å²) < 4.78 is 68.7. The molecule has 588 valence electrons. The van der Waals surface area contributed by atoms with Crippen LogP contribution in [0, 0.1) is 23.7 Å². The van der Waals surface area contributed by atoms with Crippen LogP contribution in [0.25, 0.3) is 0 Å². The second kappa shape index (κ2) is 69.1. The largest absolute Gasteiger partial charge is 0.472 e. The minimum absolute atomic E-state index is 0.106. The molecule has 99 heavy (non-hydrogen) atoms. The third-order valence-corrected chi connectivity index (χ3v) is 20.8. The van der Waals surface area contributed by atoms with Crippen LogP contribution in [0.3, 0.4) is 0 Å². The molecule has 0 fully saturated rings. The van der Waals surface area contributed by atoms with E-state index < -0.39 is 97.5 Å². The Morgan fingerprint density at radius 2 is 0.485 bits per heavy atom. The highest BCUT2D eigenvalue weighted by Gasteiger charge is 2.30. The van der Waals surface area contributed by atoms with Crippen molar-refractivity contribution in [2.24, 2.45) is 23.7 Å². The Labute approximate surface area is 607 Å². The van der Waals surface area contributed by atoms with Crippen LogP contribution in [0.4, 0.5) is 0 Å². The topological polar surface area (TPSA) is 237 Å². The average Bonchev–Trinajstić information content (AvgIpc) is 0.981. The number of hydrogen-bond acceptors (Lipinski definition) is 15. The Morgan fingerprint density at radius 1 is 0.283 bits per heavy atom. The van der Waals surface area contributed by atoms with Gasteiger partial charge in [0.1, 0.15) is 19.3 Å². The molecule has 0 aliphatic rings. The molecule has 0 bridgehead atoms. The maximum atomic E-state index is 13.1. The lowest BCUT2D eigenvalue weighted by Gasteiger charge is -2.21. The number of hydrogen-bond donors (Lipinski definition) is 3. The minimum Gasteiger partial charge on any atom is -0.462 e. The van der Waals surface area contributed by atoms with Crippen molar-refractivity contribution in [3.05, 3.63) is 0 Å². The summed E-state index contributed by atoms with van der Waals surface area (Å²) in [5, 5.41) is 10.6.